The fourth-order valence-electron chi connectivity index (χ4n) is 2.77. The molecule has 0 atom stereocenters. The number of hydrogen-bond donors (Lipinski definition) is 3. The van der Waals surface area contributed by atoms with Crippen LogP contribution in [0.5, 0.6) is 0 Å². The summed E-state index contributed by atoms with van der Waals surface area (Å²) in [7, 11) is 0. The molecule has 0 saturated carbocycles. The molecule has 0 radical (unpaired) electrons. The van der Waals surface area contributed by atoms with E-state index in [2.05, 4.69) is 39.8 Å². The Balaban J connectivity index is 1.60. The largest absolute Gasteiger partial charge is 0.396 e. The third-order valence-electron chi connectivity index (χ3n) is 4.13. The van der Waals surface area contributed by atoms with E-state index in [-0.39, 0.29) is 12.6 Å². The first-order chi connectivity index (χ1) is 10.8. The quantitative estimate of drug-likeness (QED) is 0.670. The number of carbonyl (C=O) groups is 1. The molecule has 3 N–H and O–H groups in total. The van der Waals surface area contributed by atoms with Crippen LogP contribution in [0, 0.1) is 5.92 Å². The summed E-state index contributed by atoms with van der Waals surface area (Å²) in [4.78, 5) is 14.0. The van der Waals surface area contributed by atoms with Crippen molar-refractivity contribution in [2.24, 2.45) is 5.92 Å². The van der Waals surface area contributed by atoms with Crippen LogP contribution < -0.4 is 10.6 Å². The SMILES string of the molecule is O=C(NCCCO)NCC1CCN(Cc2ccccc2)CC1. The van der Waals surface area contributed by atoms with Crippen molar-refractivity contribution in [2.45, 2.75) is 25.8 Å². The molecule has 1 fully saturated rings. The number of nitrogens with one attached hydrogen (secondary N) is 2. The molecular formula is C17H27N3O2. The molecule has 122 valence electrons. The minimum Gasteiger partial charge on any atom is -0.396 e. The highest BCUT2D eigenvalue weighted by Gasteiger charge is 2.19. The van der Waals surface area contributed by atoms with Crippen LogP contribution in [0.4, 0.5) is 4.79 Å². The maximum Gasteiger partial charge on any atom is 0.314 e. The third-order valence-corrected chi connectivity index (χ3v) is 4.13. The number of benzene rings is 1. The van der Waals surface area contributed by atoms with Crippen LogP contribution in [0.25, 0.3) is 0 Å². The van der Waals surface area contributed by atoms with Crippen molar-refractivity contribution < 1.29 is 9.90 Å². The van der Waals surface area contributed by atoms with E-state index < -0.39 is 0 Å². The fourth-order valence-corrected chi connectivity index (χ4v) is 2.77. The van der Waals surface area contributed by atoms with Crippen LogP contribution in [0.2, 0.25) is 0 Å². The lowest BCUT2D eigenvalue weighted by Gasteiger charge is -2.32. The highest BCUT2D eigenvalue weighted by atomic mass is 16.3. The van der Waals surface area contributed by atoms with Crippen LogP contribution in [-0.4, -0.2) is 48.8 Å². The number of amides is 2. The zero-order valence-corrected chi connectivity index (χ0v) is 13.1. The number of hydrogen-bond acceptors (Lipinski definition) is 3. The molecule has 22 heavy (non-hydrogen) atoms. The summed E-state index contributed by atoms with van der Waals surface area (Å²) in [5, 5.41) is 14.3. The van der Waals surface area contributed by atoms with Crippen LogP contribution in [0.15, 0.2) is 30.3 Å². The topological polar surface area (TPSA) is 64.6 Å². The highest BCUT2D eigenvalue weighted by molar-refractivity contribution is 5.73. The third kappa shape index (κ3) is 6.03. The molecule has 1 aromatic carbocycles. The maximum absolute atomic E-state index is 11.6. The standard InChI is InChI=1S/C17H27N3O2/c21-12-4-9-18-17(22)19-13-15-7-10-20(11-8-15)14-16-5-2-1-3-6-16/h1-3,5-6,15,21H,4,7-14H2,(H2,18,19,22). The minimum absolute atomic E-state index is 0.111. The molecule has 5 nitrogen and oxygen atoms in total. The van der Waals surface area contributed by atoms with Crippen LogP contribution in [0.1, 0.15) is 24.8 Å². The number of urea groups is 1. The first-order valence-corrected chi connectivity index (χ1v) is 8.17. The Kier molecular flexibility index (Phi) is 7.19. The summed E-state index contributed by atoms with van der Waals surface area (Å²) >= 11 is 0. The Morgan fingerprint density at radius 1 is 1.18 bits per heavy atom. The molecule has 1 heterocycles. The number of aliphatic hydroxyl groups is 1. The summed E-state index contributed by atoms with van der Waals surface area (Å²) in [5.74, 6) is 0.565. The van der Waals surface area contributed by atoms with E-state index in [9.17, 15) is 4.79 Å². The molecule has 0 bridgehead atoms. The second kappa shape index (κ2) is 9.43. The van der Waals surface area contributed by atoms with Gasteiger partial charge < -0.3 is 15.7 Å². The number of aliphatic hydroxyl groups excluding tert-OH is 1. The van der Waals surface area contributed by atoms with Gasteiger partial charge in [-0.15, -0.1) is 0 Å². The zero-order valence-electron chi connectivity index (χ0n) is 13.1. The van der Waals surface area contributed by atoms with Crippen molar-refractivity contribution >= 4 is 6.03 Å². The number of nitrogens with zero attached hydrogens (tertiary/aromatic N) is 1. The lowest BCUT2D eigenvalue weighted by atomic mass is 9.96. The molecule has 2 rings (SSSR count). The van der Waals surface area contributed by atoms with E-state index in [0.717, 1.165) is 39.0 Å². The Hall–Kier alpha value is -1.59. The fraction of sp³-hybridized carbons (Fsp3) is 0.588. The smallest absolute Gasteiger partial charge is 0.314 e. The number of likely N-dealkylation sites (tertiary alicyclic amines) is 1. The number of rotatable bonds is 7. The van der Waals surface area contributed by atoms with Crippen molar-refractivity contribution in [1.29, 1.82) is 0 Å². The first-order valence-electron chi connectivity index (χ1n) is 8.17. The number of piperidine rings is 1. The molecule has 1 aliphatic rings. The molecule has 1 aromatic rings. The van der Waals surface area contributed by atoms with Crippen LogP contribution in [-0.2, 0) is 6.54 Å². The van der Waals surface area contributed by atoms with Crippen molar-refractivity contribution in [1.82, 2.24) is 15.5 Å². The van der Waals surface area contributed by atoms with Gasteiger partial charge in [-0.2, -0.15) is 0 Å². The van der Waals surface area contributed by atoms with Gasteiger partial charge in [-0.05, 0) is 43.8 Å². The van der Waals surface area contributed by atoms with Gasteiger partial charge in [0.1, 0.15) is 0 Å². The zero-order chi connectivity index (χ0) is 15.6. The molecule has 0 aliphatic carbocycles. The molecule has 5 heteroatoms. The van der Waals surface area contributed by atoms with Gasteiger partial charge in [0.2, 0.25) is 0 Å². The van der Waals surface area contributed by atoms with E-state index in [4.69, 9.17) is 5.11 Å². The number of carbonyl (C=O) groups excluding carboxylic acids is 1. The van der Waals surface area contributed by atoms with E-state index in [1.165, 1.54) is 5.56 Å². The summed E-state index contributed by atoms with van der Waals surface area (Å²) < 4.78 is 0. The summed E-state index contributed by atoms with van der Waals surface area (Å²) in [5.41, 5.74) is 1.36. The average Bonchev–Trinajstić information content (AvgIpc) is 2.55. The van der Waals surface area contributed by atoms with Gasteiger partial charge in [0.15, 0.2) is 0 Å². The van der Waals surface area contributed by atoms with Gasteiger partial charge in [-0.3, -0.25) is 4.90 Å². The van der Waals surface area contributed by atoms with E-state index in [1.54, 1.807) is 0 Å². The van der Waals surface area contributed by atoms with Gasteiger partial charge in [-0.1, -0.05) is 30.3 Å². The van der Waals surface area contributed by atoms with Crippen molar-refractivity contribution in [3.05, 3.63) is 35.9 Å². The molecule has 1 aliphatic heterocycles. The van der Waals surface area contributed by atoms with Crippen molar-refractivity contribution in [3.63, 3.8) is 0 Å². The van der Waals surface area contributed by atoms with Crippen molar-refractivity contribution in [3.8, 4) is 0 Å². The predicted octanol–water partition coefficient (Wildman–Crippen LogP) is 1.58. The normalized spacial score (nSPS) is 16.4. The van der Waals surface area contributed by atoms with Gasteiger partial charge >= 0.3 is 6.03 Å². The highest BCUT2D eigenvalue weighted by Crippen LogP contribution is 2.18. The minimum atomic E-state index is -0.125. The van der Waals surface area contributed by atoms with E-state index in [0.29, 0.717) is 18.9 Å². The molecule has 1 saturated heterocycles. The maximum atomic E-state index is 11.6. The van der Waals surface area contributed by atoms with Crippen LogP contribution >= 0.6 is 0 Å². The first kappa shape index (κ1) is 16.8. The average molecular weight is 305 g/mol. The molecular weight excluding hydrogens is 278 g/mol. The molecule has 0 unspecified atom stereocenters. The van der Waals surface area contributed by atoms with E-state index >= 15 is 0 Å². The Morgan fingerprint density at radius 2 is 1.91 bits per heavy atom. The molecule has 0 spiro atoms. The Bertz CT molecular complexity index is 431. The lowest BCUT2D eigenvalue weighted by molar-refractivity contribution is 0.175. The summed E-state index contributed by atoms with van der Waals surface area (Å²) in [6.07, 6.45) is 2.86. The van der Waals surface area contributed by atoms with Gasteiger partial charge in [-0.25, -0.2) is 4.79 Å². The second-order valence-corrected chi connectivity index (χ2v) is 5.92. The summed E-state index contributed by atoms with van der Waals surface area (Å²) in [6, 6.07) is 10.4. The van der Waals surface area contributed by atoms with Gasteiger partial charge in [0.05, 0.1) is 0 Å². The Labute approximate surface area is 132 Å². The molecule has 2 amide bonds. The predicted molar refractivity (Wildman–Crippen MR) is 87.5 cm³/mol. The van der Waals surface area contributed by atoms with Crippen LogP contribution in [0.3, 0.4) is 0 Å². The van der Waals surface area contributed by atoms with Gasteiger partial charge in [0, 0.05) is 26.2 Å². The monoisotopic (exact) mass is 305 g/mol. The van der Waals surface area contributed by atoms with Crippen molar-refractivity contribution in [2.75, 3.05) is 32.8 Å². The molecule has 0 aromatic heterocycles. The Morgan fingerprint density at radius 3 is 2.59 bits per heavy atom. The summed E-state index contributed by atoms with van der Waals surface area (Å²) in [6.45, 7) is 4.57. The van der Waals surface area contributed by atoms with E-state index in [1.807, 2.05) is 6.07 Å². The lowest BCUT2D eigenvalue weighted by Crippen LogP contribution is -2.42. The second-order valence-electron chi connectivity index (χ2n) is 5.92. The van der Waals surface area contributed by atoms with Gasteiger partial charge in [0.25, 0.3) is 0 Å².